The highest BCUT2D eigenvalue weighted by atomic mass is 35.5. The number of para-hydroxylation sites is 1. The van der Waals surface area contributed by atoms with Gasteiger partial charge in [0.15, 0.2) is 5.58 Å². The Morgan fingerprint density at radius 1 is 0.917 bits per heavy atom. The SMILES string of the molecule is Cc1nn(-c2ccccc2)nc1CN1CCN(Oc2ccc3oc(-c4ccc(Cl)cc4)nc3c2)CC1. The summed E-state index contributed by atoms with van der Waals surface area (Å²) in [7, 11) is 0. The normalized spacial score (nSPS) is 14.9. The van der Waals surface area contributed by atoms with Gasteiger partial charge in [-0.15, -0.1) is 5.06 Å². The van der Waals surface area contributed by atoms with Crippen LogP contribution in [-0.4, -0.2) is 56.1 Å². The van der Waals surface area contributed by atoms with E-state index in [0.29, 0.717) is 10.9 Å². The molecule has 8 nitrogen and oxygen atoms in total. The summed E-state index contributed by atoms with van der Waals surface area (Å²) in [5.74, 6) is 1.31. The number of benzene rings is 3. The minimum Gasteiger partial charge on any atom is -0.436 e. The molecule has 1 aliphatic rings. The van der Waals surface area contributed by atoms with Crippen molar-refractivity contribution in [3.63, 3.8) is 0 Å². The molecule has 5 aromatic rings. The maximum Gasteiger partial charge on any atom is 0.227 e. The third-order valence-corrected chi connectivity index (χ3v) is 6.51. The Kier molecular flexibility index (Phi) is 6.14. The predicted molar refractivity (Wildman–Crippen MR) is 138 cm³/mol. The molecule has 3 heterocycles. The molecule has 0 aliphatic carbocycles. The van der Waals surface area contributed by atoms with Gasteiger partial charge in [0.1, 0.15) is 17.0 Å². The number of oxazole rings is 1. The average Bonchev–Trinajstić information content (AvgIpc) is 3.49. The number of aryl methyl sites for hydroxylation is 1. The Morgan fingerprint density at radius 2 is 1.69 bits per heavy atom. The Morgan fingerprint density at radius 3 is 2.47 bits per heavy atom. The van der Waals surface area contributed by atoms with Crippen molar-refractivity contribution < 1.29 is 9.25 Å². The van der Waals surface area contributed by atoms with Gasteiger partial charge in [-0.25, -0.2) is 4.98 Å². The summed E-state index contributed by atoms with van der Waals surface area (Å²) >= 11 is 5.99. The van der Waals surface area contributed by atoms with Crippen LogP contribution in [0.4, 0.5) is 0 Å². The summed E-state index contributed by atoms with van der Waals surface area (Å²) < 4.78 is 5.91. The van der Waals surface area contributed by atoms with Gasteiger partial charge in [-0.2, -0.15) is 15.0 Å². The highest BCUT2D eigenvalue weighted by Gasteiger charge is 2.21. The predicted octanol–water partition coefficient (Wildman–Crippen LogP) is 5.15. The zero-order valence-corrected chi connectivity index (χ0v) is 20.6. The summed E-state index contributed by atoms with van der Waals surface area (Å²) in [4.78, 5) is 14.9. The van der Waals surface area contributed by atoms with Gasteiger partial charge in [0.2, 0.25) is 5.89 Å². The third-order valence-electron chi connectivity index (χ3n) is 6.25. The molecule has 0 saturated carbocycles. The first-order valence-electron chi connectivity index (χ1n) is 11.9. The first-order valence-corrected chi connectivity index (χ1v) is 12.3. The molecule has 1 aliphatic heterocycles. The molecule has 0 radical (unpaired) electrons. The van der Waals surface area contributed by atoms with E-state index in [1.54, 1.807) is 4.80 Å². The van der Waals surface area contributed by atoms with E-state index in [4.69, 9.17) is 26.0 Å². The highest BCUT2D eigenvalue weighted by Crippen LogP contribution is 2.28. The van der Waals surface area contributed by atoms with Crippen molar-refractivity contribution in [3.8, 4) is 22.9 Å². The zero-order valence-electron chi connectivity index (χ0n) is 19.8. The van der Waals surface area contributed by atoms with Crippen molar-refractivity contribution in [2.75, 3.05) is 26.2 Å². The minimum atomic E-state index is 0.562. The molecule has 1 saturated heterocycles. The molecular formula is C27H25ClN6O2. The van der Waals surface area contributed by atoms with Gasteiger partial charge in [-0.3, -0.25) is 4.90 Å². The largest absolute Gasteiger partial charge is 0.436 e. The number of fused-ring (bicyclic) bond motifs is 1. The van der Waals surface area contributed by atoms with Crippen molar-refractivity contribution in [2.24, 2.45) is 0 Å². The van der Waals surface area contributed by atoms with Crippen LogP contribution in [0.25, 0.3) is 28.2 Å². The molecule has 3 aromatic carbocycles. The zero-order chi connectivity index (χ0) is 24.5. The minimum absolute atomic E-state index is 0.562. The van der Waals surface area contributed by atoms with Gasteiger partial charge in [0, 0.05) is 49.4 Å². The van der Waals surface area contributed by atoms with E-state index in [9.17, 15) is 0 Å². The number of hydrogen-bond acceptors (Lipinski definition) is 7. The van der Waals surface area contributed by atoms with Crippen molar-refractivity contribution >= 4 is 22.7 Å². The standard InChI is InChI=1S/C27H25ClN6O2/c1-19-25(31-34(30-19)22-5-3-2-4-6-22)18-32-13-15-33(16-14-32)36-23-11-12-26-24(17-23)29-27(35-26)20-7-9-21(28)10-8-20/h2-12,17H,13-16,18H2,1H3. The molecule has 6 rings (SSSR count). The quantitative estimate of drug-likeness (QED) is 0.319. The monoisotopic (exact) mass is 500 g/mol. The molecule has 0 N–H and O–H groups in total. The molecule has 9 heteroatoms. The molecule has 0 atom stereocenters. The average molecular weight is 501 g/mol. The van der Waals surface area contributed by atoms with E-state index in [1.165, 1.54) is 0 Å². The summed E-state index contributed by atoms with van der Waals surface area (Å²) in [5.41, 5.74) is 5.28. The van der Waals surface area contributed by atoms with Crippen molar-refractivity contribution in [1.82, 2.24) is 29.9 Å². The number of hydroxylamine groups is 2. The van der Waals surface area contributed by atoms with Crippen LogP contribution in [0.15, 0.2) is 77.2 Å². The molecule has 0 bridgehead atoms. The maximum atomic E-state index is 6.15. The maximum absolute atomic E-state index is 6.15. The number of rotatable bonds is 6. The lowest BCUT2D eigenvalue weighted by Crippen LogP contribution is -2.47. The fraction of sp³-hybridized carbons (Fsp3) is 0.222. The van der Waals surface area contributed by atoms with Gasteiger partial charge in [-0.1, -0.05) is 29.8 Å². The van der Waals surface area contributed by atoms with Crippen LogP contribution in [0.2, 0.25) is 5.02 Å². The number of hydrogen-bond donors (Lipinski definition) is 0. The van der Waals surface area contributed by atoms with Gasteiger partial charge < -0.3 is 9.25 Å². The van der Waals surface area contributed by atoms with Crippen molar-refractivity contribution in [1.29, 1.82) is 0 Å². The van der Waals surface area contributed by atoms with Crippen LogP contribution in [0.3, 0.4) is 0 Å². The number of aromatic nitrogens is 4. The fourth-order valence-electron chi connectivity index (χ4n) is 4.25. The molecule has 0 amide bonds. The lowest BCUT2D eigenvalue weighted by atomic mass is 10.2. The molecule has 0 spiro atoms. The molecule has 182 valence electrons. The van der Waals surface area contributed by atoms with Crippen LogP contribution in [0, 0.1) is 6.92 Å². The highest BCUT2D eigenvalue weighted by molar-refractivity contribution is 6.30. The second kappa shape index (κ2) is 9.73. The van der Waals surface area contributed by atoms with Gasteiger partial charge in [0.25, 0.3) is 0 Å². The Bertz CT molecular complexity index is 1470. The van der Waals surface area contributed by atoms with Crippen LogP contribution in [-0.2, 0) is 6.54 Å². The first-order chi connectivity index (χ1) is 17.6. The van der Waals surface area contributed by atoms with E-state index < -0.39 is 0 Å². The Hall–Kier alpha value is -3.72. The van der Waals surface area contributed by atoms with Crippen LogP contribution in [0.1, 0.15) is 11.4 Å². The van der Waals surface area contributed by atoms with E-state index >= 15 is 0 Å². The smallest absolute Gasteiger partial charge is 0.227 e. The summed E-state index contributed by atoms with van der Waals surface area (Å²) in [6.45, 7) is 6.12. The molecular weight excluding hydrogens is 476 g/mol. The van der Waals surface area contributed by atoms with Crippen LogP contribution < -0.4 is 4.84 Å². The van der Waals surface area contributed by atoms with E-state index in [2.05, 4.69) is 15.0 Å². The summed E-state index contributed by atoms with van der Waals surface area (Å²) in [6, 6.07) is 23.2. The molecule has 2 aromatic heterocycles. The number of halogens is 1. The first kappa shape index (κ1) is 22.7. The second-order valence-corrected chi connectivity index (χ2v) is 9.25. The molecule has 0 unspecified atom stereocenters. The van der Waals surface area contributed by atoms with Gasteiger partial charge in [-0.05, 0) is 55.5 Å². The Balaban J connectivity index is 1.07. The van der Waals surface area contributed by atoms with Crippen molar-refractivity contribution in [3.05, 3.63) is 89.2 Å². The summed E-state index contributed by atoms with van der Waals surface area (Å²) in [6.07, 6.45) is 0. The lowest BCUT2D eigenvalue weighted by molar-refractivity contribution is -0.0897. The number of piperazine rings is 1. The topological polar surface area (TPSA) is 72.5 Å². The van der Waals surface area contributed by atoms with E-state index in [-0.39, 0.29) is 0 Å². The van der Waals surface area contributed by atoms with Gasteiger partial charge in [0.05, 0.1) is 11.4 Å². The van der Waals surface area contributed by atoms with E-state index in [0.717, 1.165) is 72.2 Å². The third kappa shape index (κ3) is 4.83. The lowest BCUT2D eigenvalue weighted by Gasteiger charge is -2.33. The number of nitrogens with zero attached hydrogens (tertiary/aromatic N) is 6. The van der Waals surface area contributed by atoms with Crippen molar-refractivity contribution in [2.45, 2.75) is 13.5 Å². The fourth-order valence-corrected chi connectivity index (χ4v) is 4.38. The van der Waals surface area contributed by atoms with E-state index in [1.807, 2.05) is 84.8 Å². The molecule has 1 fully saturated rings. The second-order valence-electron chi connectivity index (χ2n) is 8.81. The Labute approximate surface area is 213 Å². The molecule has 36 heavy (non-hydrogen) atoms. The summed E-state index contributed by atoms with van der Waals surface area (Å²) in [5, 5.41) is 12.0. The van der Waals surface area contributed by atoms with Crippen LogP contribution in [0.5, 0.6) is 5.75 Å². The van der Waals surface area contributed by atoms with Crippen LogP contribution >= 0.6 is 11.6 Å². The van der Waals surface area contributed by atoms with Gasteiger partial charge >= 0.3 is 0 Å².